The van der Waals surface area contributed by atoms with Crippen molar-refractivity contribution in [2.45, 2.75) is 66.0 Å². The smallest absolute Gasteiger partial charge is 0.117 e. The normalized spacial score (nSPS) is 36.0. The number of hydrogen-bond acceptors (Lipinski definition) is 2. The Labute approximate surface area is 117 Å². The second-order valence-corrected chi connectivity index (χ2v) is 7.27. The van der Waals surface area contributed by atoms with Crippen LogP contribution in [-0.2, 0) is 13.0 Å². The van der Waals surface area contributed by atoms with E-state index in [0.717, 1.165) is 30.4 Å². The zero-order valence-electron chi connectivity index (χ0n) is 12.8. The molecule has 0 radical (unpaired) electrons. The van der Waals surface area contributed by atoms with E-state index in [0.29, 0.717) is 16.9 Å². The van der Waals surface area contributed by atoms with Gasteiger partial charge in [0.2, 0.25) is 0 Å². The summed E-state index contributed by atoms with van der Waals surface area (Å²) >= 11 is 0. The number of aryl methyl sites for hydroxylation is 1. The molecule has 3 atom stereocenters. The molecule has 2 nitrogen and oxygen atoms in total. The van der Waals surface area contributed by atoms with E-state index in [-0.39, 0.29) is 0 Å². The SMILES string of the molecule is CCc1ccc(CNC2CC3CCC2(C)C3(C)C)o1. The summed E-state index contributed by atoms with van der Waals surface area (Å²) < 4.78 is 5.80. The van der Waals surface area contributed by atoms with Crippen LogP contribution < -0.4 is 5.32 Å². The van der Waals surface area contributed by atoms with E-state index in [1.807, 2.05) is 0 Å². The molecule has 2 saturated carbocycles. The van der Waals surface area contributed by atoms with Gasteiger partial charge in [0.1, 0.15) is 11.5 Å². The lowest BCUT2D eigenvalue weighted by molar-refractivity contribution is 0.119. The standard InChI is InChI=1S/C17H27NO/c1-5-13-6-7-14(19-13)11-18-15-10-12-8-9-17(15,4)16(12,2)3/h6-7,12,15,18H,5,8-11H2,1-4H3. The molecule has 0 spiro atoms. The van der Waals surface area contributed by atoms with Crippen LogP contribution in [0.2, 0.25) is 0 Å². The van der Waals surface area contributed by atoms with E-state index < -0.39 is 0 Å². The summed E-state index contributed by atoms with van der Waals surface area (Å²) in [7, 11) is 0. The lowest BCUT2D eigenvalue weighted by Gasteiger charge is -2.39. The Bertz CT molecular complexity index is 462. The Kier molecular flexibility index (Phi) is 3.05. The first-order valence-corrected chi connectivity index (χ1v) is 7.78. The summed E-state index contributed by atoms with van der Waals surface area (Å²) in [6.07, 6.45) is 5.12. The molecule has 1 aromatic heterocycles. The van der Waals surface area contributed by atoms with Crippen molar-refractivity contribution in [2.75, 3.05) is 0 Å². The predicted octanol–water partition coefficient (Wildman–Crippen LogP) is 4.15. The summed E-state index contributed by atoms with van der Waals surface area (Å²) in [5.41, 5.74) is 0.945. The zero-order valence-corrected chi connectivity index (χ0v) is 12.8. The third-order valence-electron chi connectivity index (χ3n) is 6.38. The lowest BCUT2D eigenvalue weighted by Crippen LogP contribution is -2.44. The summed E-state index contributed by atoms with van der Waals surface area (Å²) in [6.45, 7) is 10.4. The van der Waals surface area contributed by atoms with E-state index in [9.17, 15) is 0 Å². The van der Waals surface area contributed by atoms with Crippen molar-refractivity contribution in [2.24, 2.45) is 16.7 Å². The van der Waals surface area contributed by atoms with Gasteiger partial charge in [0, 0.05) is 12.5 Å². The van der Waals surface area contributed by atoms with Crippen molar-refractivity contribution in [3.05, 3.63) is 23.7 Å². The van der Waals surface area contributed by atoms with E-state index in [1.165, 1.54) is 19.3 Å². The van der Waals surface area contributed by atoms with Gasteiger partial charge in [0.15, 0.2) is 0 Å². The fraction of sp³-hybridized carbons (Fsp3) is 0.765. The fourth-order valence-corrected chi connectivity index (χ4v) is 4.44. The van der Waals surface area contributed by atoms with Crippen molar-refractivity contribution >= 4 is 0 Å². The molecule has 2 bridgehead atoms. The number of nitrogens with one attached hydrogen (secondary N) is 1. The van der Waals surface area contributed by atoms with Crippen LogP contribution in [0, 0.1) is 16.7 Å². The van der Waals surface area contributed by atoms with Gasteiger partial charge < -0.3 is 9.73 Å². The molecule has 0 saturated heterocycles. The van der Waals surface area contributed by atoms with Gasteiger partial charge in [-0.3, -0.25) is 0 Å². The van der Waals surface area contributed by atoms with Crippen molar-refractivity contribution < 1.29 is 4.42 Å². The summed E-state index contributed by atoms with van der Waals surface area (Å²) in [5.74, 6) is 3.08. The van der Waals surface area contributed by atoms with Gasteiger partial charge in [-0.25, -0.2) is 0 Å². The maximum Gasteiger partial charge on any atom is 0.117 e. The quantitative estimate of drug-likeness (QED) is 0.881. The molecular formula is C17H27NO. The highest BCUT2D eigenvalue weighted by molar-refractivity contribution is 5.14. The summed E-state index contributed by atoms with van der Waals surface area (Å²) in [5, 5.41) is 3.77. The molecule has 19 heavy (non-hydrogen) atoms. The largest absolute Gasteiger partial charge is 0.465 e. The van der Waals surface area contributed by atoms with E-state index in [2.05, 4.69) is 45.1 Å². The van der Waals surface area contributed by atoms with Gasteiger partial charge in [0.05, 0.1) is 6.54 Å². The molecule has 0 amide bonds. The molecule has 2 aliphatic rings. The molecule has 1 aromatic rings. The van der Waals surface area contributed by atoms with E-state index in [1.54, 1.807) is 0 Å². The van der Waals surface area contributed by atoms with Gasteiger partial charge >= 0.3 is 0 Å². The van der Waals surface area contributed by atoms with Crippen LogP contribution in [0.3, 0.4) is 0 Å². The summed E-state index contributed by atoms with van der Waals surface area (Å²) in [4.78, 5) is 0. The number of furan rings is 1. The molecule has 1 N–H and O–H groups in total. The Morgan fingerprint density at radius 3 is 2.53 bits per heavy atom. The van der Waals surface area contributed by atoms with E-state index in [4.69, 9.17) is 4.42 Å². The minimum atomic E-state index is 0.456. The average Bonchev–Trinajstić information content (AvgIpc) is 2.97. The van der Waals surface area contributed by atoms with Gasteiger partial charge in [-0.05, 0) is 48.1 Å². The molecule has 3 unspecified atom stereocenters. The Morgan fingerprint density at radius 2 is 2.00 bits per heavy atom. The van der Waals surface area contributed by atoms with Crippen LogP contribution in [0.5, 0.6) is 0 Å². The second kappa shape index (κ2) is 4.37. The summed E-state index contributed by atoms with van der Waals surface area (Å²) in [6, 6.07) is 4.87. The zero-order chi connectivity index (χ0) is 13.7. The minimum Gasteiger partial charge on any atom is -0.465 e. The first-order valence-electron chi connectivity index (χ1n) is 7.78. The third kappa shape index (κ3) is 1.87. The average molecular weight is 261 g/mol. The monoisotopic (exact) mass is 261 g/mol. The Balaban J connectivity index is 1.66. The maximum atomic E-state index is 5.80. The molecule has 1 heterocycles. The highest BCUT2D eigenvalue weighted by Gasteiger charge is 2.60. The minimum absolute atomic E-state index is 0.456. The Morgan fingerprint density at radius 1 is 1.26 bits per heavy atom. The molecule has 2 fully saturated rings. The Hall–Kier alpha value is -0.760. The van der Waals surface area contributed by atoms with Crippen molar-refractivity contribution in [1.82, 2.24) is 5.32 Å². The van der Waals surface area contributed by atoms with Crippen LogP contribution >= 0.6 is 0 Å². The highest BCUT2D eigenvalue weighted by atomic mass is 16.3. The van der Waals surface area contributed by atoms with Crippen LogP contribution in [0.4, 0.5) is 0 Å². The molecule has 2 aliphatic carbocycles. The first-order chi connectivity index (χ1) is 8.97. The lowest BCUT2D eigenvalue weighted by atomic mass is 9.69. The molecule has 106 valence electrons. The molecule has 0 aliphatic heterocycles. The van der Waals surface area contributed by atoms with Gasteiger partial charge in [-0.1, -0.05) is 27.7 Å². The molecule has 3 rings (SSSR count). The topological polar surface area (TPSA) is 25.2 Å². The van der Waals surface area contributed by atoms with Crippen LogP contribution in [0.25, 0.3) is 0 Å². The predicted molar refractivity (Wildman–Crippen MR) is 77.9 cm³/mol. The van der Waals surface area contributed by atoms with Gasteiger partial charge in [-0.2, -0.15) is 0 Å². The third-order valence-corrected chi connectivity index (χ3v) is 6.38. The van der Waals surface area contributed by atoms with Gasteiger partial charge in [-0.15, -0.1) is 0 Å². The molecular weight excluding hydrogens is 234 g/mol. The van der Waals surface area contributed by atoms with E-state index >= 15 is 0 Å². The first kappa shape index (κ1) is 13.2. The number of fused-ring (bicyclic) bond motifs is 2. The maximum absolute atomic E-state index is 5.80. The van der Waals surface area contributed by atoms with Crippen molar-refractivity contribution in [1.29, 1.82) is 0 Å². The molecule has 2 heteroatoms. The highest BCUT2D eigenvalue weighted by Crippen LogP contribution is 2.65. The van der Waals surface area contributed by atoms with Crippen LogP contribution in [0.15, 0.2) is 16.5 Å². The number of rotatable bonds is 4. The molecule has 0 aromatic carbocycles. The second-order valence-electron chi connectivity index (χ2n) is 7.27. The van der Waals surface area contributed by atoms with Crippen LogP contribution in [-0.4, -0.2) is 6.04 Å². The van der Waals surface area contributed by atoms with Crippen molar-refractivity contribution in [3.63, 3.8) is 0 Å². The fourth-order valence-electron chi connectivity index (χ4n) is 4.44. The van der Waals surface area contributed by atoms with Crippen molar-refractivity contribution in [3.8, 4) is 0 Å². The van der Waals surface area contributed by atoms with Gasteiger partial charge in [0.25, 0.3) is 0 Å². The number of hydrogen-bond donors (Lipinski definition) is 1. The van der Waals surface area contributed by atoms with Crippen LogP contribution in [0.1, 0.15) is 58.5 Å².